The van der Waals surface area contributed by atoms with E-state index in [0.29, 0.717) is 24.2 Å². The molecule has 0 aliphatic heterocycles. The Bertz CT molecular complexity index is 1350. The highest BCUT2D eigenvalue weighted by Crippen LogP contribution is 2.37. The number of rotatable bonds is 11. The number of aryl methyl sites for hydroxylation is 2. The lowest BCUT2D eigenvalue weighted by atomic mass is 9.88. The zero-order valence-corrected chi connectivity index (χ0v) is 21.7. The molecule has 1 unspecified atom stereocenters. The van der Waals surface area contributed by atoms with Crippen LogP contribution < -0.4 is 15.0 Å². The van der Waals surface area contributed by atoms with Crippen molar-refractivity contribution in [1.29, 1.82) is 0 Å². The first-order valence-electron chi connectivity index (χ1n) is 11.8. The molecule has 0 radical (unpaired) electrons. The van der Waals surface area contributed by atoms with E-state index in [9.17, 15) is 24.6 Å². The summed E-state index contributed by atoms with van der Waals surface area (Å²) in [5, 5.41) is 20.4. The number of pyridine rings is 1. The molecule has 3 aromatic rings. The minimum absolute atomic E-state index is 0.0389. The summed E-state index contributed by atoms with van der Waals surface area (Å²) in [6.45, 7) is 1.70. The van der Waals surface area contributed by atoms with Gasteiger partial charge in [0.05, 0.1) is 33.3 Å². The van der Waals surface area contributed by atoms with Gasteiger partial charge in [-0.2, -0.15) is 0 Å². The molecule has 38 heavy (non-hydrogen) atoms. The summed E-state index contributed by atoms with van der Waals surface area (Å²) in [5.74, 6) is -1.58. The molecule has 1 heterocycles. The van der Waals surface area contributed by atoms with Crippen LogP contribution in [0.5, 0.6) is 23.0 Å². The fourth-order valence-corrected chi connectivity index (χ4v) is 4.13. The van der Waals surface area contributed by atoms with Crippen LogP contribution >= 0.6 is 0 Å². The highest BCUT2D eigenvalue weighted by Gasteiger charge is 2.27. The Balaban J connectivity index is 2.04. The number of carbonyl (C=O) groups excluding carboxylic acids is 2. The molecule has 0 fully saturated rings. The van der Waals surface area contributed by atoms with E-state index in [2.05, 4.69) is 4.74 Å². The second kappa shape index (κ2) is 12.7. The normalized spacial score (nSPS) is 11.5. The molecule has 0 bridgehead atoms. The molecular formula is C28H31NO9. The van der Waals surface area contributed by atoms with Gasteiger partial charge in [-0.05, 0) is 54.8 Å². The Morgan fingerprint density at radius 2 is 1.61 bits per heavy atom. The van der Waals surface area contributed by atoms with Crippen LogP contribution in [0.4, 0.5) is 0 Å². The van der Waals surface area contributed by atoms with E-state index in [1.807, 2.05) is 0 Å². The summed E-state index contributed by atoms with van der Waals surface area (Å²) >= 11 is 0. The van der Waals surface area contributed by atoms with E-state index in [1.165, 1.54) is 32.0 Å². The van der Waals surface area contributed by atoms with Crippen LogP contribution in [0.15, 0.2) is 53.3 Å². The number of nitrogens with zero attached hydrogens (tertiary/aromatic N) is 1. The van der Waals surface area contributed by atoms with Gasteiger partial charge in [0.2, 0.25) is 0 Å². The lowest BCUT2D eigenvalue weighted by molar-refractivity contribution is -0.143. The quantitative estimate of drug-likeness (QED) is 0.362. The van der Waals surface area contributed by atoms with Gasteiger partial charge in [0.1, 0.15) is 11.5 Å². The number of ether oxygens (including phenoxy) is 4. The van der Waals surface area contributed by atoms with Crippen molar-refractivity contribution in [2.75, 3.05) is 27.9 Å². The van der Waals surface area contributed by atoms with Crippen molar-refractivity contribution in [3.05, 3.63) is 81.3 Å². The largest absolute Gasteiger partial charge is 0.508 e. The number of carbonyl (C=O) groups is 2. The van der Waals surface area contributed by atoms with Crippen molar-refractivity contribution >= 4 is 11.9 Å². The van der Waals surface area contributed by atoms with Crippen molar-refractivity contribution in [2.24, 2.45) is 0 Å². The summed E-state index contributed by atoms with van der Waals surface area (Å²) in [6.07, 6.45) is 0.290. The average Bonchev–Trinajstić information content (AvgIpc) is 2.91. The predicted octanol–water partition coefficient (Wildman–Crippen LogP) is 3.07. The Kier molecular flexibility index (Phi) is 9.37. The van der Waals surface area contributed by atoms with Gasteiger partial charge >= 0.3 is 11.9 Å². The maximum absolute atomic E-state index is 13.7. The Morgan fingerprint density at radius 1 is 0.921 bits per heavy atom. The Hall–Kier alpha value is -4.47. The molecule has 0 aliphatic carbocycles. The second-order valence-corrected chi connectivity index (χ2v) is 8.57. The van der Waals surface area contributed by atoms with Crippen LogP contribution in [0.2, 0.25) is 0 Å². The molecule has 0 saturated heterocycles. The summed E-state index contributed by atoms with van der Waals surface area (Å²) in [5.41, 5.74) is 1.56. The zero-order chi connectivity index (χ0) is 27.8. The lowest BCUT2D eigenvalue weighted by Gasteiger charge is -2.21. The molecule has 1 atom stereocenters. The van der Waals surface area contributed by atoms with Crippen LogP contribution in [0, 0.1) is 6.92 Å². The number of esters is 2. The minimum Gasteiger partial charge on any atom is -0.508 e. The third-order valence-electron chi connectivity index (χ3n) is 6.19. The molecule has 202 valence electrons. The van der Waals surface area contributed by atoms with Crippen LogP contribution in [0.25, 0.3) is 0 Å². The van der Waals surface area contributed by atoms with E-state index in [0.717, 1.165) is 5.56 Å². The summed E-state index contributed by atoms with van der Waals surface area (Å²) in [7, 11) is 3.91. The molecule has 2 aromatic carbocycles. The molecule has 0 amide bonds. The fourth-order valence-electron chi connectivity index (χ4n) is 4.13. The van der Waals surface area contributed by atoms with Gasteiger partial charge in [0.25, 0.3) is 5.56 Å². The Morgan fingerprint density at radius 3 is 2.24 bits per heavy atom. The number of aromatic nitrogens is 1. The molecule has 10 heteroatoms. The van der Waals surface area contributed by atoms with Gasteiger partial charge in [-0.25, -0.2) is 4.79 Å². The first kappa shape index (κ1) is 28.1. The number of methoxy groups -OCH3 is 3. The topological polar surface area (TPSA) is 134 Å². The van der Waals surface area contributed by atoms with Crippen molar-refractivity contribution < 1.29 is 38.7 Å². The van der Waals surface area contributed by atoms with Gasteiger partial charge in [0.15, 0.2) is 18.1 Å². The summed E-state index contributed by atoms with van der Waals surface area (Å²) < 4.78 is 21.9. The molecule has 2 N–H and O–H groups in total. The SMILES string of the molecule is COC(=O)COc1ccc(C(CC(=O)OC)c2c(O)cc(C)n(CCc3ccc(O)cc3)c2=O)cc1OC. The van der Waals surface area contributed by atoms with Crippen LogP contribution in [0.3, 0.4) is 0 Å². The Labute approximate surface area is 220 Å². The fraction of sp³-hybridized carbons (Fsp3) is 0.321. The first-order chi connectivity index (χ1) is 18.2. The van der Waals surface area contributed by atoms with Crippen molar-refractivity contribution in [1.82, 2.24) is 4.57 Å². The molecule has 0 aliphatic rings. The number of phenols is 1. The second-order valence-electron chi connectivity index (χ2n) is 8.57. The lowest BCUT2D eigenvalue weighted by Crippen LogP contribution is -2.29. The predicted molar refractivity (Wildman–Crippen MR) is 138 cm³/mol. The number of phenolic OH excluding ortho intramolecular Hbond substituents is 1. The van der Waals surface area contributed by atoms with E-state index in [-0.39, 0.29) is 41.6 Å². The molecular weight excluding hydrogens is 494 g/mol. The van der Waals surface area contributed by atoms with Gasteiger partial charge < -0.3 is 33.7 Å². The van der Waals surface area contributed by atoms with E-state index in [4.69, 9.17) is 14.2 Å². The van der Waals surface area contributed by atoms with E-state index in [1.54, 1.807) is 49.4 Å². The monoisotopic (exact) mass is 525 g/mol. The smallest absolute Gasteiger partial charge is 0.343 e. The maximum Gasteiger partial charge on any atom is 0.343 e. The summed E-state index contributed by atoms with van der Waals surface area (Å²) in [6, 6.07) is 12.9. The average molecular weight is 526 g/mol. The van der Waals surface area contributed by atoms with Gasteiger partial charge in [-0.1, -0.05) is 18.2 Å². The van der Waals surface area contributed by atoms with Crippen molar-refractivity contribution in [3.8, 4) is 23.0 Å². The van der Waals surface area contributed by atoms with Crippen LogP contribution in [0.1, 0.15) is 34.7 Å². The number of aromatic hydroxyl groups is 2. The molecule has 0 spiro atoms. The van der Waals surface area contributed by atoms with Gasteiger partial charge in [-0.3, -0.25) is 9.59 Å². The third kappa shape index (κ3) is 6.64. The van der Waals surface area contributed by atoms with Crippen molar-refractivity contribution in [2.45, 2.75) is 32.2 Å². The highest BCUT2D eigenvalue weighted by molar-refractivity contribution is 5.72. The van der Waals surface area contributed by atoms with Crippen LogP contribution in [-0.2, 0) is 32.0 Å². The van der Waals surface area contributed by atoms with E-state index >= 15 is 0 Å². The van der Waals surface area contributed by atoms with Crippen molar-refractivity contribution in [3.63, 3.8) is 0 Å². The minimum atomic E-state index is -0.862. The standard InChI is InChI=1S/C28H31NO9/c1-17-13-22(31)27(28(34)29(17)12-11-18-5-8-20(30)9-6-18)21(15-25(32)36-3)19-7-10-23(24(14-19)35-2)38-16-26(33)37-4/h5-10,13-14,21,30-31H,11-12,15-16H2,1-4H3. The molecule has 1 aromatic heterocycles. The van der Waals surface area contributed by atoms with E-state index < -0.39 is 23.4 Å². The highest BCUT2D eigenvalue weighted by atomic mass is 16.6. The zero-order valence-electron chi connectivity index (χ0n) is 21.7. The van der Waals surface area contributed by atoms with Gasteiger partial charge in [-0.15, -0.1) is 0 Å². The maximum atomic E-state index is 13.7. The van der Waals surface area contributed by atoms with Gasteiger partial charge in [0, 0.05) is 18.2 Å². The number of benzene rings is 2. The number of hydrogen-bond acceptors (Lipinski definition) is 9. The molecule has 0 saturated carbocycles. The summed E-state index contributed by atoms with van der Waals surface area (Å²) in [4.78, 5) is 37.6. The third-order valence-corrected chi connectivity index (χ3v) is 6.19. The molecule has 3 rings (SSSR count). The number of hydrogen-bond donors (Lipinski definition) is 2. The molecule has 10 nitrogen and oxygen atoms in total. The van der Waals surface area contributed by atoms with Crippen LogP contribution in [-0.4, -0.2) is 54.7 Å². The first-order valence-corrected chi connectivity index (χ1v) is 11.8.